The van der Waals surface area contributed by atoms with Gasteiger partial charge in [-0.15, -0.1) is 0 Å². The fourth-order valence-corrected chi connectivity index (χ4v) is 6.81. The molecule has 2 heterocycles. The molecule has 0 aromatic heterocycles. The molecular formula is C26H36O4. The molecule has 0 spiro atoms. The molecule has 4 bridgehead atoms. The molecule has 0 N–H and O–H groups in total. The second-order valence-corrected chi connectivity index (χ2v) is 11.8. The molecule has 4 saturated carbocycles. The van der Waals surface area contributed by atoms with Crippen LogP contribution in [0.2, 0.25) is 0 Å². The Kier molecular flexibility index (Phi) is 4.45. The van der Waals surface area contributed by atoms with Crippen molar-refractivity contribution in [2.75, 3.05) is 26.4 Å². The molecule has 2 atom stereocenters. The fourth-order valence-electron chi connectivity index (χ4n) is 6.81. The fraction of sp³-hybridized carbons (Fsp3) is 0.769. The van der Waals surface area contributed by atoms with E-state index in [0.29, 0.717) is 13.2 Å². The molecule has 4 heteroatoms. The van der Waals surface area contributed by atoms with Gasteiger partial charge in [0.15, 0.2) is 11.5 Å². The van der Waals surface area contributed by atoms with E-state index in [9.17, 15) is 0 Å². The molecule has 7 rings (SSSR count). The van der Waals surface area contributed by atoms with E-state index in [0.717, 1.165) is 42.5 Å². The predicted molar refractivity (Wildman–Crippen MR) is 115 cm³/mol. The van der Waals surface area contributed by atoms with Gasteiger partial charge in [0.25, 0.3) is 0 Å². The molecule has 1 aromatic rings. The Bertz CT molecular complexity index is 780. The van der Waals surface area contributed by atoms with Crippen LogP contribution in [-0.4, -0.2) is 38.6 Å². The molecule has 0 radical (unpaired) electrons. The van der Waals surface area contributed by atoms with Crippen LogP contribution < -0.4 is 9.47 Å². The van der Waals surface area contributed by atoms with E-state index in [1.54, 1.807) is 0 Å². The third-order valence-electron chi connectivity index (χ3n) is 8.17. The number of benzene rings is 1. The molecule has 0 amide bonds. The SMILES string of the molecule is CC(C)(C)c1cc(OCC2CO2)c(OCC2CO2)c(C23CC4CC(CC(C4)C2)C3)c1. The molecule has 4 nitrogen and oxygen atoms in total. The average molecular weight is 413 g/mol. The first-order valence-electron chi connectivity index (χ1n) is 12.1. The predicted octanol–water partition coefficient (Wildman–Crippen LogP) is 5.01. The Balaban J connectivity index is 1.44. The summed E-state index contributed by atoms with van der Waals surface area (Å²) in [6.45, 7) is 9.79. The standard InChI is InChI=1S/C26H36O4/c1-25(2,3)19-7-22(26-9-16-4-17(10-26)6-18(5-16)11-26)24(30-15-21-13-28-21)23(8-19)29-14-20-12-27-20/h7-8,16-18,20-21H,4-6,9-15H2,1-3H3. The second kappa shape index (κ2) is 6.87. The van der Waals surface area contributed by atoms with Gasteiger partial charge in [-0.1, -0.05) is 26.8 Å². The summed E-state index contributed by atoms with van der Waals surface area (Å²) in [6, 6.07) is 4.71. The lowest BCUT2D eigenvalue weighted by atomic mass is 9.48. The number of hydrogen-bond donors (Lipinski definition) is 0. The van der Waals surface area contributed by atoms with Crippen molar-refractivity contribution in [2.45, 2.75) is 82.3 Å². The zero-order valence-electron chi connectivity index (χ0n) is 18.7. The van der Waals surface area contributed by atoms with E-state index in [-0.39, 0.29) is 23.0 Å². The molecule has 4 aliphatic carbocycles. The summed E-state index contributed by atoms with van der Waals surface area (Å²) in [7, 11) is 0. The molecule has 2 aliphatic heterocycles. The van der Waals surface area contributed by atoms with Crippen molar-refractivity contribution in [3.8, 4) is 11.5 Å². The highest BCUT2D eigenvalue weighted by atomic mass is 16.6. The zero-order valence-corrected chi connectivity index (χ0v) is 18.7. The molecule has 164 valence electrons. The summed E-state index contributed by atoms with van der Waals surface area (Å²) in [5.74, 6) is 4.63. The average Bonchev–Trinajstić information content (AvgIpc) is 3.58. The van der Waals surface area contributed by atoms with Crippen LogP contribution >= 0.6 is 0 Å². The van der Waals surface area contributed by atoms with Crippen LogP contribution in [0.1, 0.15) is 70.4 Å². The van der Waals surface area contributed by atoms with E-state index >= 15 is 0 Å². The Hall–Kier alpha value is -1.26. The van der Waals surface area contributed by atoms with Crippen molar-refractivity contribution in [1.82, 2.24) is 0 Å². The maximum atomic E-state index is 6.51. The quantitative estimate of drug-likeness (QED) is 0.591. The van der Waals surface area contributed by atoms with Crippen LogP contribution in [0.4, 0.5) is 0 Å². The van der Waals surface area contributed by atoms with Crippen molar-refractivity contribution >= 4 is 0 Å². The summed E-state index contributed by atoms with van der Waals surface area (Å²) in [4.78, 5) is 0. The van der Waals surface area contributed by atoms with Gasteiger partial charge in [0.2, 0.25) is 0 Å². The molecule has 6 fully saturated rings. The minimum Gasteiger partial charge on any atom is -0.487 e. The third-order valence-corrected chi connectivity index (χ3v) is 8.17. The number of epoxide rings is 2. The summed E-state index contributed by atoms with van der Waals surface area (Å²) in [5, 5.41) is 0. The van der Waals surface area contributed by atoms with Gasteiger partial charge in [-0.3, -0.25) is 0 Å². The van der Waals surface area contributed by atoms with Crippen LogP contribution in [0.25, 0.3) is 0 Å². The highest BCUT2D eigenvalue weighted by Crippen LogP contribution is 2.63. The molecular weight excluding hydrogens is 376 g/mol. The van der Waals surface area contributed by atoms with Gasteiger partial charge in [0.05, 0.1) is 13.2 Å². The summed E-state index contributed by atoms with van der Waals surface area (Å²) in [5.41, 5.74) is 3.13. The lowest BCUT2D eigenvalue weighted by molar-refractivity contribution is -0.00670. The van der Waals surface area contributed by atoms with E-state index in [4.69, 9.17) is 18.9 Å². The van der Waals surface area contributed by atoms with Gasteiger partial charge in [-0.05, 0) is 78.7 Å². The van der Waals surface area contributed by atoms with E-state index in [2.05, 4.69) is 32.9 Å². The van der Waals surface area contributed by atoms with Crippen molar-refractivity contribution in [3.63, 3.8) is 0 Å². The largest absolute Gasteiger partial charge is 0.487 e. The number of ether oxygens (including phenoxy) is 4. The van der Waals surface area contributed by atoms with E-state index < -0.39 is 0 Å². The maximum Gasteiger partial charge on any atom is 0.165 e. The summed E-state index contributed by atoms with van der Waals surface area (Å²) < 4.78 is 23.8. The zero-order chi connectivity index (χ0) is 20.5. The first-order chi connectivity index (χ1) is 14.4. The van der Waals surface area contributed by atoms with Gasteiger partial charge in [0, 0.05) is 5.56 Å². The van der Waals surface area contributed by atoms with E-state index in [1.165, 1.54) is 49.7 Å². The van der Waals surface area contributed by atoms with Crippen LogP contribution in [0.3, 0.4) is 0 Å². The first kappa shape index (κ1) is 19.4. The Morgan fingerprint density at radius 3 is 1.90 bits per heavy atom. The van der Waals surface area contributed by atoms with Crippen LogP contribution in [0, 0.1) is 17.8 Å². The Labute approximate surface area is 180 Å². The van der Waals surface area contributed by atoms with Crippen molar-refractivity contribution in [1.29, 1.82) is 0 Å². The van der Waals surface area contributed by atoms with Crippen molar-refractivity contribution < 1.29 is 18.9 Å². The highest BCUT2D eigenvalue weighted by molar-refractivity contribution is 5.55. The summed E-state index contributed by atoms with van der Waals surface area (Å²) in [6.07, 6.45) is 8.82. The number of rotatable bonds is 7. The van der Waals surface area contributed by atoms with Crippen LogP contribution in [-0.2, 0) is 20.3 Å². The Morgan fingerprint density at radius 2 is 1.40 bits per heavy atom. The first-order valence-corrected chi connectivity index (χ1v) is 12.1. The smallest absolute Gasteiger partial charge is 0.165 e. The van der Waals surface area contributed by atoms with Gasteiger partial charge in [-0.25, -0.2) is 0 Å². The second-order valence-electron chi connectivity index (χ2n) is 11.8. The topological polar surface area (TPSA) is 43.5 Å². The summed E-state index contributed by atoms with van der Waals surface area (Å²) >= 11 is 0. The maximum absolute atomic E-state index is 6.51. The Morgan fingerprint density at radius 1 is 0.867 bits per heavy atom. The number of hydrogen-bond acceptors (Lipinski definition) is 4. The van der Waals surface area contributed by atoms with Gasteiger partial charge < -0.3 is 18.9 Å². The minimum atomic E-state index is 0.0728. The molecule has 1 aromatic carbocycles. The van der Waals surface area contributed by atoms with Crippen molar-refractivity contribution in [2.24, 2.45) is 17.8 Å². The highest BCUT2D eigenvalue weighted by Gasteiger charge is 2.53. The third kappa shape index (κ3) is 3.64. The molecule has 6 aliphatic rings. The minimum absolute atomic E-state index is 0.0728. The van der Waals surface area contributed by atoms with Gasteiger partial charge in [-0.2, -0.15) is 0 Å². The van der Waals surface area contributed by atoms with Crippen LogP contribution in [0.15, 0.2) is 12.1 Å². The molecule has 2 unspecified atom stereocenters. The normalized spacial score (nSPS) is 38.6. The lowest BCUT2D eigenvalue weighted by Gasteiger charge is -2.57. The molecule has 2 saturated heterocycles. The monoisotopic (exact) mass is 412 g/mol. The van der Waals surface area contributed by atoms with Crippen molar-refractivity contribution in [3.05, 3.63) is 23.3 Å². The lowest BCUT2D eigenvalue weighted by Crippen LogP contribution is -2.48. The van der Waals surface area contributed by atoms with Gasteiger partial charge >= 0.3 is 0 Å². The van der Waals surface area contributed by atoms with E-state index in [1.807, 2.05) is 0 Å². The van der Waals surface area contributed by atoms with Crippen LogP contribution in [0.5, 0.6) is 11.5 Å². The van der Waals surface area contributed by atoms with Gasteiger partial charge in [0.1, 0.15) is 25.4 Å². The molecule has 30 heavy (non-hydrogen) atoms.